The molecule has 25 heavy (non-hydrogen) atoms. The van der Waals surface area contributed by atoms with Crippen LogP contribution in [0.25, 0.3) is 0 Å². The Bertz CT molecular complexity index is 398. The van der Waals surface area contributed by atoms with Gasteiger partial charge < -0.3 is 9.84 Å². The second-order valence-electron chi connectivity index (χ2n) is 6.07. The first-order chi connectivity index (χ1) is 11.8. The van der Waals surface area contributed by atoms with E-state index < -0.39 is 25.5 Å². The Morgan fingerprint density at radius 1 is 1.04 bits per heavy atom. The minimum absolute atomic E-state index is 0.130. The molecule has 0 aromatic carbocycles. The van der Waals surface area contributed by atoms with Crippen LogP contribution in [-0.4, -0.2) is 42.6 Å². The van der Waals surface area contributed by atoms with Gasteiger partial charge in [-0.15, -0.1) is 0 Å². The lowest BCUT2D eigenvalue weighted by molar-refractivity contribution is -0.174. The highest BCUT2D eigenvalue weighted by Crippen LogP contribution is 2.52. The number of phosphoric ester groups is 1. The number of esters is 1. The summed E-state index contributed by atoms with van der Waals surface area (Å²) in [5, 5.41) is 10.6. The van der Waals surface area contributed by atoms with Crippen molar-refractivity contribution >= 4 is 13.8 Å². The molecule has 0 saturated carbocycles. The van der Waals surface area contributed by atoms with Crippen LogP contribution in [0.15, 0.2) is 0 Å². The highest BCUT2D eigenvalue weighted by atomic mass is 31.2. The van der Waals surface area contributed by atoms with Crippen LogP contribution in [0.3, 0.4) is 0 Å². The SMILES string of the molecule is CCCCOP(=O)(OCCCC)OC(CCC)C(C)(O)C(=O)OCC. The van der Waals surface area contributed by atoms with Gasteiger partial charge in [0, 0.05) is 0 Å². The number of unbranched alkanes of at least 4 members (excludes halogenated alkanes) is 2. The normalized spacial score (nSPS) is 15.6. The highest BCUT2D eigenvalue weighted by molar-refractivity contribution is 7.48. The third-order valence-corrected chi connectivity index (χ3v) is 5.13. The van der Waals surface area contributed by atoms with Gasteiger partial charge in [0.1, 0.15) is 6.10 Å². The molecule has 8 heteroatoms. The third kappa shape index (κ3) is 9.15. The number of phosphoric acid groups is 1. The maximum Gasteiger partial charge on any atom is 0.475 e. The van der Waals surface area contributed by atoms with Gasteiger partial charge in [-0.2, -0.15) is 0 Å². The molecule has 0 bridgehead atoms. The zero-order valence-corrected chi connectivity index (χ0v) is 17.2. The molecule has 7 nitrogen and oxygen atoms in total. The first kappa shape index (κ1) is 24.5. The van der Waals surface area contributed by atoms with Crippen LogP contribution in [0.4, 0.5) is 0 Å². The average Bonchev–Trinajstić information content (AvgIpc) is 2.55. The minimum Gasteiger partial charge on any atom is -0.464 e. The molecule has 2 atom stereocenters. The quantitative estimate of drug-likeness (QED) is 0.257. The third-order valence-electron chi connectivity index (χ3n) is 3.62. The fourth-order valence-corrected chi connectivity index (χ4v) is 3.53. The smallest absolute Gasteiger partial charge is 0.464 e. The summed E-state index contributed by atoms with van der Waals surface area (Å²) in [4.78, 5) is 12.1. The van der Waals surface area contributed by atoms with E-state index >= 15 is 0 Å². The van der Waals surface area contributed by atoms with Gasteiger partial charge in [-0.3, -0.25) is 13.6 Å². The van der Waals surface area contributed by atoms with E-state index in [9.17, 15) is 14.5 Å². The average molecular weight is 382 g/mol. The summed E-state index contributed by atoms with van der Waals surface area (Å²) in [6.45, 7) is 9.37. The van der Waals surface area contributed by atoms with Crippen molar-refractivity contribution in [1.82, 2.24) is 0 Å². The predicted molar refractivity (Wildman–Crippen MR) is 96.4 cm³/mol. The van der Waals surface area contributed by atoms with Crippen molar-refractivity contribution in [1.29, 1.82) is 0 Å². The second-order valence-corrected chi connectivity index (χ2v) is 7.69. The van der Waals surface area contributed by atoms with Crippen molar-refractivity contribution in [2.24, 2.45) is 0 Å². The Labute approximate surface area is 152 Å². The van der Waals surface area contributed by atoms with Crippen molar-refractivity contribution in [2.45, 2.75) is 84.8 Å². The largest absolute Gasteiger partial charge is 0.475 e. The molecule has 0 rings (SSSR count). The highest BCUT2D eigenvalue weighted by Gasteiger charge is 2.45. The van der Waals surface area contributed by atoms with Crippen molar-refractivity contribution in [3.05, 3.63) is 0 Å². The zero-order valence-electron chi connectivity index (χ0n) is 16.3. The standard InChI is InChI=1S/C17H35O7P/c1-6-10-13-22-25(20,23-14-11-7-2)24-15(12-8-3)17(5,19)16(18)21-9-4/h15,19H,6-14H2,1-5H3. The first-order valence-corrected chi connectivity index (χ1v) is 10.7. The maximum absolute atomic E-state index is 12.9. The van der Waals surface area contributed by atoms with Gasteiger partial charge >= 0.3 is 13.8 Å². The summed E-state index contributed by atoms with van der Waals surface area (Å²) in [6.07, 6.45) is 3.02. The Morgan fingerprint density at radius 3 is 1.96 bits per heavy atom. The van der Waals surface area contributed by atoms with Crippen LogP contribution in [-0.2, 0) is 27.7 Å². The summed E-state index contributed by atoms with van der Waals surface area (Å²) in [6, 6.07) is 0. The summed E-state index contributed by atoms with van der Waals surface area (Å²) in [5.74, 6) is -0.817. The number of carbonyl (C=O) groups excluding carboxylic acids is 1. The van der Waals surface area contributed by atoms with Gasteiger partial charge in [0.05, 0.1) is 19.8 Å². The van der Waals surface area contributed by atoms with Gasteiger partial charge in [0.25, 0.3) is 0 Å². The molecule has 1 N–H and O–H groups in total. The molecule has 0 aliphatic heterocycles. The summed E-state index contributed by atoms with van der Waals surface area (Å²) in [5.41, 5.74) is -1.94. The van der Waals surface area contributed by atoms with Crippen molar-refractivity contribution in [3.8, 4) is 0 Å². The first-order valence-electron chi connectivity index (χ1n) is 9.24. The molecule has 0 aliphatic rings. The van der Waals surface area contributed by atoms with E-state index in [2.05, 4.69) is 0 Å². The van der Waals surface area contributed by atoms with Crippen LogP contribution >= 0.6 is 7.82 Å². The Kier molecular flexibility index (Phi) is 12.6. The Balaban J connectivity index is 5.23. The number of carbonyl (C=O) groups is 1. The molecule has 0 radical (unpaired) electrons. The fourth-order valence-electron chi connectivity index (χ4n) is 2.00. The van der Waals surface area contributed by atoms with E-state index in [0.717, 1.165) is 12.8 Å². The lowest BCUT2D eigenvalue weighted by Gasteiger charge is -2.32. The van der Waals surface area contributed by atoms with Crippen LogP contribution in [0.2, 0.25) is 0 Å². The number of ether oxygens (including phenoxy) is 1. The van der Waals surface area contributed by atoms with Crippen LogP contribution in [0.5, 0.6) is 0 Å². The molecule has 0 fully saturated rings. The molecule has 0 amide bonds. The Morgan fingerprint density at radius 2 is 1.56 bits per heavy atom. The molecule has 0 heterocycles. The zero-order chi connectivity index (χ0) is 19.3. The van der Waals surface area contributed by atoms with Crippen LogP contribution in [0, 0.1) is 0 Å². The Hall–Kier alpha value is -0.460. The lowest BCUT2D eigenvalue weighted by atomic mass is 9.96. The topological polar surface area (TPSA) is 91.3 Å². The fraction of sp³-hybridized carbons (Fsp3) is 0.941. The number of rotatable bonds is 15. The van der Waals surface area contributed by atoms with E-state index in [1.165, 1.54) is 6.92 Å². The number of hydrogen-bond donors (Lipinski definition) is 1. The summed E-state index contributed by atoms with van der Waals surface area (Å²) < 4.78 is 34.2. The molecule has 0 spiro atoms. The minimum atomic E-state index is -3.89. The van der Waals surface area contributed by atoms with Crippen LogP contribution in [0.1, 0.15) is 73.1 Å². The van der Waals surface area contributed by atoms with Crippen molar-refractivity contribution in [2.75, 3.05) is 19.8 Å². The van der Waals surface area contributed by atoms with E-state index in [1.54, 1.807) is 6.92 Å². The maximum atomic E-state index is 12.9. The molecule has 150 valence electrons. The molecular weight excluding hydrogens is 347 g/mol. The molecule has 0 aliphatic carbocycles. The van der Waals surface area contributed by atoms with E-state index in [-0.39, 0.29) is 19.8 Å². The van der Waals surface area contributed by atoms with Gasteiger partial charge in [-0.1, -0.05) is 40.0 Å². The van der Waals surface area contributed by atoms with E-state index in [4.69, 9.17) is 18.3 Å². The van der Waals surface area contributed by atoms with Crippen molar-refractivity contribution in [3.63, 3.8) is 0 Å². The molecule has 2 unspecified atom stereocenters. The number of aliphatic hydroxyl groups is 1. The number of hydrogen-bond acceptors (Lipinski definition) is 7. The molecule has 0 saturated heterocycles. The van der Waals surface area contributed by atoms with Gasteiger partial charge in [0.2, 0.25) is 0 Å². The summed E-state index contributed by atoms with van der Waals surface area (Å²) in [7, 11) is -3.89. The molecular formula is C17H35O7P. The van der Waals surface area contributed by atoms with Gasteiger partial charge in [-0.05, 0) is 33.1 Å². The predicted octanol–water partition coefficient (Wildman–Crippen LogP) is 4.23. The molecule has 0 aromatic rings. The van der Waals surface area contributed by atoms with E-state index in [1.807, 2.05) is 20.8 Å². The monoisotopic (exact) mass is 382 g/mol. The van der Waals surface area contributed by atoms with Gasteiger partial charge in [0.15, 0.2) is 5.60 Å². The van der Waals surface area contributed by atoms with E-state index in [0.29, 0.717) is 25.7 Å². The lowest BCUT2D eigenvalue weighted by Crippen LogP contribution is -2.49. The van der Waals surface area contributed by atoms with Crippen molar-refractivity contribution < 1.29 is 32.8 Å². The molecule has 0 aromatic heterocycles. The summed E-state index contributed by atoms with van der Waals surface area (Å²) >= 11 is 0. The van der Waals surface area contributed by atoms with Gasteiger partial charge in [-0.25, -0.2) is 9.36 Å². The second kappa shape index (κ2) is 12.8. The van der Waals surface area contributed by atoms with Crippen LogP contribution < -0.4 is 0 Å².